The van der Waals surface area contributed by atoms with E-state index < -0.39 is 145 Å². The third-order valence-corrected chi connectivity index (χ3v) is 11.6. The molecule has 1 aliphatic heterocycles. The molecule has 9 atom stereocenters. The average molecular weight is 992 g/mol. The van der Waals surface area contributed by atoms with E-state index in [-0.39, 0.29) is 38.1 Å². The molecule has 26 heteroatoms. The maximum Gasteiger partial charge on any atom is 0.246 e. The second-order valence-corrected chi connectivity index (χ2v) is 16.8. The molecule has 2 rings (SSSR count). The Morgan fingerprint density at radius 1 is 0.750 bits per heavy atom. The first-order chi connectivity index (χ1) is 32.2. The maximum atomic E-state index is 14.0. The van der Waals surface area contributed by atoms with Crippen molar-refractivity contribution in [2.75, 3.05) is 25.4 Å². The molecule has 1 fully saturated rings. The number of likely N-dealkylation sites (tertiary alicyclic amines) is 1. The Hall–Kier alpha value is -6.25. The van der Waals surface area contributed by atoms with E-state index in [1.54, 1.807) is 44.2 Å². The molecule has 0 bridgehead atoms. The predicted molar refractivity (Wildman–Crippen MR) is 254 cm³/mol. The van der Waals surface area contributed by atoms with Gasteiger partial charge in [-0.05, 0) is 50.1 Å². The number of nitrogens with zero attached hydrogens (tertiary/aromatic N) is 1. The highest BCUT2D eigenvalue weighted by Gasteiger charge is 2.40. The van der Waals surface area contributed by atoms with Gasteiger partial charge in [0.2, 0.25) is 65.0 Å². The van der Waals surface area contributed by atoms with Crippen molar-refractivity contribution in [1.82, 2.24) is 42.1 Å². The van der Waals surface area contributed by atoms with E-state index in [0.717, 1.165) is 5.37 Å². The molecule has 1 saturated heterocycles. The number of benzene rings is 1. The van der Waals surface area contributed by atoms with Crippen LogP contribution in [0.5, 0.6) is 0 Å². The minimum atomic E-state index is -1.76. The van der Waals surface area contributed by atoms with Crippen LogP contribution in [0.1, 0.15) is 70.8 Å². The number of carbonyl (C=O) groups is 11. The van der Waals surface area contributed by atoms with Gasteiger partial charge in [0.05, 0.1) is 13.0 Å². The first-order valence-corrected chi connectivity index (χ1v) is 23.1. The number of carbonyl (C=O) groups excluding carboxylic acids is 11. The standard InChI is InChI=1S/C42H65N13O11S2/c1-3-22(2)34(54-39(63)27(51-35(59)24(44)20-67)17-23-9-5-4-6-10-23)41(65)50-26(13-14-31(45)56)37(61)52-28(18-32(46)57)38(62)53-29(21-68)42(66)55-16-8-12-30(55)40(64)49-25(11-7-15-43)36(60)48-19-33(47)58/h4-6,9-10,20,22,24-30,34,68H,3,7-8,11-19,21,43-44H2,1-2H3,(H2,45,56)(H2,46,57)(H2,47,58)(H,48,60)(H,49,64)(H,50,65)(H,51,59)(H,52,61)(H,53,62)(H,54,63)/t22-,24-,25-,26-,27-,28-,29-,30-,34-/m0/s1. The lowest BCUT2D eigenvalue weighted by atomic mass is 9.96. The minimum Gasteiger partial charge on any atom is -0.370 e. The Labute approximate surface area is 404 Å². The number of hydrogen-bond acceptors (Lipinski definition) is 15. The molecule has 17 N–H and O–H groups in total. The Morgan fingerprint density at radius 3 is 1.91 bits per heavy atom. The summed E-state index contributed by atoms with van der Waals surface area (Å²) in [5.41, 5.74) is 28.0. The van der Waals surface area contributed by atoms with Crippen LogP contribution in [0.2, 0.25) is 0 Å². The quantitative estimate of drug-likeness (QED) is 0.0254. The van der Waals surface area contributed by atoms with E-state index in [2.05, 4.69) is 49.8 Å². The van der Waals surface area contributed by atoms with Gasteiger partial charge in [-0.2, -0.15) is 12.6 Å². The summed E-state index contributed by atoms with van der Waals surface area (Å²) < 4.78 is 0. The van der Waals surface area contributed by atoms with E-state index in [1.165, 1.54) is 4.90 Å². The number of hydrogen-bond donors (Lipinski definition) is 13. The van der Waals surface area contributed by atoms with Crippen LogP contribution in [0.3, 0.4) is 0 Å². The molecule has 24 nitrogen and oxygen atoms in total. The first kappa shape index (κ1) is 57.9. The van der Waals surface area contributed by atoms with Gasteiger partial charge in [-0.25, -0.2) is 0 Å². The molecular formula is C42H65N13O11S2. The van der Waals surface area contributed by atoms with Crippen molar-refractivity contribution in [3.63, 3.8) is 0 Å². The lowest BCUT2D eigenvalue weighted by Crippen LogP contribution is -2.61. The third-order valence-electron chi connectivity index (χ3n) is 10.9. The Balaban J connectivity index is 2.33. The molecule has 376 valence electrons. The van der Waals surface area contributed by atoms with Crippen molar-refractivity contribution in [3.8, 4) is 0 Å². The number of thiol groups is 1. The summed E-state index contributed by atoms with van der Waals surface area (Å²) in [6, 6.07) is -2.10. The van der Waals surface area contributed by atoms with Crippen LogP contribution in [-0.4, -0.2) is 149 Å². The second-order valence-electron chi connectivity index (χ2n) is 16.2. The summed E-state index contributed by atoms with van der Waals surface area (Å²) in [6.07, 6.45) is -0.321. The summed E-state index contributed by atoms with van der Waals surface area (Å²) in [5, 5.41) is 18.4. The fourth-order valence-electron chi connectivity index (χ4n) is 6.96. The van der Waals surface area contributed by atoms with Gasteiger partial charge in [0, 0.05) is 30.5 Å². The van der Waals surface area contributed by atoms with Gasteiger partial charge in [0.1, 0.15) is 48.3 Å². The van der Waals surface area contributed by atoms with Crippen LogP contribution < -0.4 is 65.9 Å². The van der Waals surface area contributed by atoms with Crippen molar-refractivity contribution in [2.45, 2.75) is 120 Å². The maximum absolute atomic E-state index is 14.0. The molecule has 0 aromatic heterocycles. The number of amides is 11. The van der Waals surface area contributed by atoms with Gasteiger partial charge in [-0.3, -0.25) is 52.7 Å². The summed E-state index contributed by atoms with van der Waals surface area (Å²) in [7, 11) is 0. The lowest BCUT2D eigenvalue weighted by molar-refractivity contribution is -0.142. The van der Waals surface area contributed by atoms with E-state index in [1.807, 2.05) is 0 Å². The molecular weight excluding hydrogens is 927 g/mol. The van der Waals surface area contributed by atoms with Crippen molar-refractivity contribution in [1.29, 1.82) is 0 Å². The van der Waals surface area contributed by atoms with Gasteiger partial charge < -0.3 is 70.8 Å². The fraction of sp³-hybridized carbons (Fsp3) is 0.571. The minimum absolute atomic E-state index is 0.00504. The van der Waals surface area contributed by atoms with Gasteiger partial charge in [0.25, 0.3) is 0 Å². The third kappa shape index (κ3) is 19.2. The molecule has 0 saturated carbocycles. The second kappa shape index (κ2) is 29.5. The number of nitrogens with two attached hydrogens (primary N) is 5. The van der Waals surface area contributed by atoms with Crippen LogP contribution in [0, 0.1) is 5.92 Å². The predicted octanol–water partition coefficient (Wildman–Crippen LogP) is -5.09. The Morgan fingerprint density at radius 2 is 1.34 bits per heavy atom. The number of rotatable bonds is 30. The summed E-state index contributed by atoms with van der Waals surface area (Å²) in [5.74, 6) is -10.3. The molecule has 1 aromatic carbocycles. The van der Waals surface area contributed by atoms with Crippen molar-refractivity contribution < 1.29 is 52.7 Å². The molecule has 0 radical (unpaired) electrons. The van der Waals surface area contributed by atoms with Crippen molar-refractivity contribution in [3.05, 3.63) is 35.9 Å². The van der Waals surface area contributed by atoms with E-state index in [9.17, 15) is 52.7 Å². The SMILES string of the molecule is CC[C@H](C)[C@H](NC(=O)[C@H](Cc1ccccc1)NC(=O)[C@@H](N)C=S)C(=O)N[C@@H](CCC(N)=O)C(=O)N[C@@H](CC(N)=O)C(=O)N[C@@H](CS)C(=O)N1CCC[C@H]1C(=O)N[C@@H](CCCN)C(=O)NCC(N)=O. The number of nitrogens with one attached hydrogen (secondary N) is 7. The van der Waals surface area contributed by atoms with Gasteiger partial charge in [0.15, 0.2) is 0 Å². The molecule has 0 aliphatic carbocycles. The van der Waals surface area contributed by atoms with Crippen LogP contribution >= 0.6 is 24.8 Å². The van der Waals surface area contributed by atoms with Gasteiger partial charge in [-0.1, -0.05) is 62.8 Å². The number of thiocarbonyl (C=S) groups is 1. The molecule has 68 heavy (non-hydrogen) atoms. The highest BCUT2D eigenvalue weighted by Crippen LogP contribution is 2.20. The van der Waals surface area contributed by atoms with E-state index in [0.29, 0.717) is 24.8 Å². The first-order valence-electron chi connectivity index (χ1n) is 22.0. The van der Waals surface area contributed by atoms with Crippen molar-refractivity contribution in [2.24, 2.45) is 34.6 Å². The zero-order valence-corrected chi connectivity index (χ0v) is 39.7. The normalized spacial score (nSPS) is 16.7. The highest BCUT2D eigenvalue weighted by molar-refractivity contribution is 7.80. The topological polar surface area (TPSA) is 405 Å². The zero-order valence-electron chi connectivity index (χ0n) is 38.0. The van der Waals surface area contributed by atoms with Crippen LogP contribution in [0.25, 0.3) is 0 Å². The van der Waals surface area contributed by atoms with Crippen LogP contribution in [0.15, 0.2) is 30.3 Å². The molecule has 1 heterocycles. The monoisotopic (exact) mass is 991 g/mol. The van der Waals surface area contributed by atoms with Gasteiger partial charge in [-0.15, -0.1) is 0 Å². The molecule has 1 aliphatic rings. The largest absolute Gasteiger partial charge is 0.370 e. The lowest BCUT2D eigenvalue weighted by Gasteiger charge is -2.30. The Kier molecular flexibility index (Phi) is 25.1. The highest BCUT2D eigenvalue weighted by atomic mass is 32.1. The molecule has 0 spiro atoms. The summed E-state index contributed by atoms with van der Waals surface area (Å²) in [4.78, 5) is 145. The van der Waals surface area contributed by atoms with Crippen LogP contribution in [-0.2, 0) is 59.2 Å². The summed E-state index contributed by atoms with van der Waals surface area (Å²) in [6.45, 7) is 3.17. The van der Waals surface area contributed by atoms with E-state index in [4.69, 9.17) is 40.9 Å². The molecule has 1 aromatic rings. The van der Waals surface area contributed by atoms with Crippen molar-refractivity contribution >= 4 is 95.2 Å². The van der Waals surface area contributed by atoms with E-state index >= 15 is 0 Å². The van der Waals surface area contributed by atoms with Gasteiger partial charge >= 0.3 is 0 Å². The summed E-state index contributed by atoms with van der Waals surface area (Å²) >= 11 is 9.02. The molecule has 0 unspecified atom stereocenters. The zero-order chi connectivity index (χ0) is 51.1. The fourth-order valence-corrected chi connectivity index (χ4v) is 7.33. The average Bonchev–Trinajstić information content (AvgIpc) is 3.81. The van der Waals surface area contributed by atoms with Crippen LogP contribution in [0.4, 0.5) is 0 Å². The Bertz CT molecular complexity index is 1980. The molecule has 11 amide bonds. The number of primary amides is 3. The smallest absolute Gasteiger partial charge is 0.246 e.